The molecule has 0 aliphatic carbocycles. The van der Waals surface area contributed by atoms with Gasteiger partial charge in [-0.3, -0.25) is 5.01 Å². The average Bonchev–Trinajstić information content (AvgIpc) is 2.99. The molecular weight excluding hydrogens is 345 g/mol. The smallest absolute Gasteiger partial charge is 0.335 e. The first-order valence-corrected chi connectivity index (χ1v) is 7.94. The molecule has 23 heavy (non-hydrogen) atoms. The largest absolute Gasteiger partial charge is 0.504 e. The monoisotopic (exact) mass is 355 g/mol. The quantitative estimate of drug-likeness (QED) is 0.784. The molecule has 5 nitrogen and oxygen atoms in total. The SMILES string of the molecule is O=S(=O)(C1=NN2C(N1)[C@@H](F)C[C@H]2c1cccc(F)c1)C(F)(F)F. The zero-order valence-electron chi connectivity index (χ0n) is 11.3. The summed E-state index contributed by atoms with van der Waals surface area (Å²) < 4.78 is 87.7. The van der Waals surface area contributed by atoms with Gasteiger partial charge in [0, 0.05) is 6.42 Å². The average molecular weight is 355 g/mol. The number of hydrogen-bond acceptors (Lipinski definition) is 5. The van der Waals surface area contributed by atoms with Crippen LogP contribution in [0.3, 0.4) is 0 Å². The van der Waals surface area contributed by atoms with Gasteiger partial charge in [-0.2, -0.15) is 13.2 Å². The van der Waals surface area contributed by atoms with E-state index < -0.39 is 44.7 Å². The lowest BCUT2D eigenvalue weighted by Crippen LogP contribution is -2.44. The fraction of sp³-hybridized carbons (Fsp3) is 0.417. The minimum atomic E-state index is -5.70. The first kappa shape index (κ1) is 16.0. The highest BCUT2D eigenvalue weighted by Gasteiger charge is 2.55. The molecule has 11 heteroatoms. The number of nitrogens with one attached hydrogen (secondary N) is 1. The molecule has 3 rings (SSSR count). The van der Waals surface area contributed by atoms with E-state index in [-0.39, 0.29) is 6.42 Å². The number of hydrogen-bond donors (Lipinski definition) is 1. The maximum absolute atomic E-state index is 14.0. The van der Waals surface area contributed by atoms with Gasteiger partial charge in [0.2, 0.25) is 5.17 Å². The molecule has 1 aromatic carbocycles. The molecule has 2 aliphatic heterocycles. The van der Waals surface area contributed by atoms with Crippen molar-refractivity contribution < 1.29 is 30.4 Å². The van der Waals surface area contributed by atoms with Crippen molar-refractivity contribution in [3.8, 4) is 0 Å². The van der Waals surface area contributed by atoms with Crippen molar-refractivity contribution in [3.05, 3.63) is 35.6 Å². The van der Waals surface area contributed by atoms with Gasteiger partial charge in [-0.1, -0.05) is 12.1 Å². The normalized spacial score (nSPS) is 27.6. The third-order valence-electron chi connectivity index (χ3n) is 3.67. The first-order chi connectivity index (χ1) is 10.6. The Balaban J connectivity index is 1.97. The molecule has 0 saturated carbocycles. The van der Waals surface area contributed by atoms with Gasteiger partial charge in [-0.05, 0) is 17.7 Å². The third-order valence-corrected chi connectivity index (χ3v) is 4.98. The van der Waals surface area contributed by atoms with E-state index in [4.69, 9.17) is 0 Å². The van der Waals surface area contributed by atoms with Crippen molar-refractivity contribution in [1.82, 2.24) is 10.3 Å². The van der Waals surface area contributed by atoms with Crippen molar-refractivity contribution >= 4 is 15.0 Å². The van der Waals surface area contributed by atoms with Crippen LogP contribution in [0.4, 0.5) is 22.0 Å². The predicted molar refractivity (Wildman–Crippen MR) is 69.8 cm³/mol. The molecule has 0 spiro atoms. The molecule has 126 valence electrons. The van der Waals surface area contributed by atoms with Gasteiger partial charge >= 0.3 is 15.3 Å². The van der Waals surface area contributed by atoms with Gasteiger partial charge in [0.1, 0.15) is 18.2 Å². The van der Waals surface area contributed by atoms with Crippen LogP contribution in [0, 0.1) is 5.82 Å². The Morgan fingerprint density at radius 3 is 2.61 bits per heavy atom. The Morgan fingerprint density at radius 1 is 1.30 bits per heavy atom. The van der Waals surface area contributed by atoms with Crippen LogP contribution >= 0.6 is 0 Å². The fourth-order valence-corrected chi connectivity index (χ4v) is 3.30. The lowest BCUT2D eigenvalue weighted by atomic mass is 10.0. The van der Waals surface area contributed by atoms with Gasteiger partial charge < -0.3 is 5.32 Å². The number of fused-ring (bicyclic) bond motifs is 1. The Morgan fingerprint density at radius 2 is 2.00 bits per heavy atom. The molecule has 0 bridgehead atoms. The summed E-state index contributed by atoms with van der Waals surface area (Å²) in [5.74, 6) is -0.597. The summed E-state index contributed by atoms with van der Waals surface area (Å²) in [5.41, 5.74) is -5.25. The molecule has 1 fully saturated rings. The van der Waals surface area contributed by atoms with E-state index in [1.165, 1.54) is 12.1 Å². The Bertz CT molecular complexity index is 764. The number of amidine groups is 1. The number of sulfone groups is 1. The van der Waals surface area contributed by atoms with Crippen molar-refractivity contribution in [2.24, 2.45) is 5.10 Å². The van der Waals surface area contributed by atoms with E-state index >= 15 is 0 Å². The minimum absolute atomic E-state index is 0.149. The van der Waals surface area contributed by atoms with E-state index in [9.17, 15) is 30.4 Å². The lowest BCUT2D eigenvalue weighted by Gasteiger charge is -2.21. The number of hydrazone groups is 1. The summed E-state index contributed by atoms with van der Waals surface area (Å²) in [6.45, 7) is 0. The maximum Gasteiger partial charge on any atom is 0.504 e. The van der Waals surface area contributed by atoms with E-state index in [0.717, 1.165) is 17.1 Å². The second kappa shape index (κ2) is 5.05. The zero-order chi connectivity index (χ0) is 17.0. The maximum atomic E-state index is 14.0. The number of nitrogens with zero attached hydrogens (tertiary/aromatic N) is 2. The molecular formula is C12H10F5N3O2S. The van der Waals surface area contributed by atoms with Crippen molar-refractivity contribution in [1.29, 1.82) is 0 Å². The highest BCUT2D eigenvalue weighted by Crippen LogP contribution is 2.40. The topological polar surface area (TPSA) is 61.8 Å². The van der Waals surface area contributed by atoms with Crippen LogP contribution in [0.15, 0.2) is 29.4 Å². The number of halogens is 5. The molecule has 0 aromatic heterocycles. The van der Waals surface area contributed by atoms with Gasteiger partial charge in [-0.15, -0.1) is 5.10 Å². The highest BCUT2D eigenvalue weighted by atomic mass is 32.2. The molecule has 1 N–H and O–H groups in total. The summed E-state index contributed by atoms with van der Waals surface area (Å²) in [4.78, 5) is 0. The summed E-state index contributed by atoms with van der Waals surface area (Å²) in [7, 11) is -5.70. The molecule has 1 saturated heterocycles. The van der Waals surface area contributed by atoms with Crippen molar-refractivity contribution in [2.75, 3.05) is 0 Å². The van der Waals surface area contributed by atoms with Crippen molar-refractivity contribution in [2.45, 2.75) is 30.3 Å². The fourth-order valence-electron chi connectivity index (χ4n) is 2.60. The number of rotatable bonds is 1. The van der Waals surface area contributed by atoms with Gasteiger partial charge in [-0.25, -0.2) is 17.2 Å². The van der Waals surface area contributed by atoms with E-state index in [2.05, 4.69) is 5.10 Å². The standard InChI is InChI=1S/C12H10F5N3O2S/c13-7-3-1-2-6(4-7)9-5-8(14)10-18-11(19-20(9)10)23(21,22)12(15,16)17/h1-4,8-10H,5H2,(H,18,19)/t8-,9-,10?/m0/s1. The van der Waals surface area contributed by atoms with E-state index in [1.807, 2.05) is 5.32 Å². The number of alkyl halides is 4. The summed E-state index contributed by atoms with van der Waals surface area (Å²) in [6.07, 6.45) is -3.15. The van der Waals surface area contributed by atoms with E-state index in [0.29, 0.717) is 5.56 Å². The second-order valence-electron chi connectivity index (χ2n) is 5.15. The lowest BCUT2D eigenvalue weighted by molar-refractivity contribution is -0.0418. The van der Waals surface area contributed by atoms with Crippen LogP contribution in [0.5, 0.6) is 0 Å². The zero-order valence-corrected chi connectivity index (χ0v) is 12.1. The molecule has 1 unspecified atom stereocenters. The van der Waals surface area contributed by atoms with Crippen LogP contribution < -0.4 is 5.32 Å². The molecule has 1 aromatic rings. The van der Waals surface area contributed by atoms with Crippen LogP contribution in [0.25, 0.3) is 0 Å². The third kappa shape index (κ3) is 2.52. The Labute approximate surface area is 127 Å². The van der Waals surface area contributed by atoms with Crippen LogP contribution in [-0.2, 0) is 9.84 Å². The van der Waals surface area contributed by atoms with Gasteiger partial charge in [0.25, 0.3) is 0 Å². The molecule has 0 radical (unpaired) electrons. The van der Waals surface area contributed by atoms with Gasteiger partial charge in [0.05, 0.1) is 6.04 Å². The molecule has 0 amide bonds. The molecule has 3 atom stereocenters. The molecule has 2 aliphatic rings. The predicted octanol–water partition coefficient (Wildman–Crippen LogP) is 2.05. The number of benzene rings is 1. The van der Waals surface area contributed by atoms with Crippen LogP contribution in [0.1, 0.15) is 18.0 Å². The highest BCUT2D eigenvalue weighted by molar-refractivity contribution is 8.07. The summed E-state index contributed by atoms with van der Waals surface area (Å²) in [5, 5.41) is 4.91. The Hall–Kier alpha value is -1.91. The van der Waals surface area contributed by atoms with Crippen LogP contribution in [0.2, 0.25) is 0 Å². The second-order valence-corrected chi connectivity index (χ2v) is 7.00. The molecule has 2 heterocycles. The van der Waals surface area contributed by atoms with Crippen molar-refractivity contribution in [3.63, 3.8) is 0 Å². The summed E-state index contributed by atoms with van der Waals surface area (Å²) >= 11 is 0. The van der Waals surface area contributed by atoms with Gasteiger partial charge in [0.15, 0.2) is 0 Å². The van der Waals surface area contributed by atoms with Crippen LogP contribution in [-0.4, -0.2) is 36.4 Å². The summed E-state index contributed by atoms with van der Waals surface area (Å²) in [6, 6.07) is 4.24. The van der Waals surface area contributed by atoms with E-state index in [1.54, 1.807) is 0 Å². The first-order valence-electron chi connectivity index (χ1n) is 6.45. The minimum Gasteiger partial charge on any atom is -0.335 e. The Kier molecular flexibility index (Phi) is 3.50.